The third-order valence-corrected chi connectivity index (χ3v) is 4.44. The minimum atomic E-state index is -0.0260. The summed E-state index contributed by atoms with van der Waals surface area (Å²) in [7, 11) is 0. The van der Waals surface area contributed by atoms with Crippen LogP contribution in [0.3, 0.4) is 0 Å². The first-order chi connectivity index (χ1) is 9.26. The number of alkyl halides is 1. The van der Waals surface area contributed by atoms with Crippen molar-refractivity contribution in [1.29, 1.82) is 0 Å². The van der Waals surface area contributed by atoms with Crippen LogP contribution in [-0.4, -0.2) is 23.9 Å². The first-order valence-corrected chi connectivity index (χ1v) is 7.97. The first kappa shape index (κ1) is 14.4. The van der Waals surface area contributed by atoms with Gasteiger partial charge in [0.15, 0.2) is 0 Å². The van der Waals surface area contributed by atoms with E-state index in [1.807, 2.05) is 31.2 Å². The van der Waals surface area contributed by atoms with Gasteiger partial charge in [-0.2, -0.15) is 0 Å². The second kappa shape index (κ2) is 6.94. The van der Waals surface area contributed by atoms with Crippen molar-refractivity contribution in [1.82, 2.24) is 5.32 Å². The van der Waals surface area contributed by atoms with Crippen molar-refractivity contribution in [2.45, 2.75) is 32.2 Å². The van der Waals surface area contributed by atoms with Crippen LogP contribution < -0.4 is 10.1 Å². The number of para-hydroxylation sites is 1. The molecule has 2 unspecified atom stereocenters. The summed E-state index contributed by atoms with van der Waals surface area (Å²) in [6.07, 6.45) is 3.44. The topological polar surface area (TPSA) is 38.3 Å². The van der Waals surface area contributed by atoms with Gasteiger partial charge in [0, 0.05) is 11.4 Å². The van der Waals surface area contributed by atoms with E-state index in [0.717, 1.165) is 11.8 Å². The van der Waals surface area contributed by atoms with Crippen LogP contribution in [0.4, 0.5) is 0 Å². The maximum Gasteiger partial charge on any atom is 0.255 e. The summed E-state index contributed by atoms with van der Waals surface area (Å²) in [6, 6.07) is 7.70. The molecule has 0 spiro atoms. The van der Waals surface area contributed by atoms with Crippen LogP contribution in [0.1, 0.15) is 36.5 Å². The van der Waals surface area contributed by atoms with Gasteiger partial charge >= 0.3 is 0 Å². The van der Waals surface area contributed by atoms with E-state index in [0.29, 0.717) is 23.8 Å². The minimum Gasteiger partial charge on any atom is -0.493 e. The number of amides is 1. The minimum absolute atomic E-state index is 0.0260. The highest BCUT2D eigenvalue weighted by atomic mass is 79.9. The molecular formula is C15H20BrNO2. The number of nitrogens with one attached hydrogen (secondary N) is 1. The average molecular weight is 326 g/mol. The molecule has 0 heterocycles. The van der Waals surface area contributed by atoms with Gasteiger partial charge in [-0.25, -0.2) is 0 Å². The lowest BCUT2D eigenvalue weighted by molar-refractivity contribution is 0.0926. The maximum atomic E-state index is 12.4. The van der Waals surface area contributed by atoms with Crippen molar-refractivity contribution >= 4 is 21.8 Å². The lowest BCUT2D eigenvalue weighted by Gasteiger charge is -2.19. The molecular weight excluding hydrogens is 306 g/mol. The molecule has 3 nitrogen and oxygen atoms in total. The van der Waals surface area contributed by atoms with Gasteiger partial charge in [0.2, 0.25) is 0 Å². The third kappa shape index (κ3) is 3.50. The lowest BCUT2D eigenvalue weighted by Crippen LogP contribution is -2.38. The molecule has 1 N–H and O–H groups in total. The maximum absolute atomic E-state index is 12.4. The summed E-state index contributed by atoms with van der Waals surface area (Å²) in [5, 5.41) is 4.10. The Bertz CT molecular complexity index is 436. The Kier molecular flexibility index (Phi) is 5.25. The Hall–Kier alpha value is -1.03. The smallest absolute Gasteiger partial charge is 0.255 e. The van der Waals surface area contributed by atoms with Crippen LogP contribution in [-0.2, 0) is 0 Å². The molecule has 104 valence electrons. The molecule has 0 bridgehead atoms. The molecule has 0 aliphatic heterocycles. The van der Waals surface area contributed by atoms with Crippen molar-refractivity contribution in [2.75, 3.05) is 11.9 Å². The molecule has 1 aromatic carbocycles. The lowest BCUT2D eigenvalue weighted by atomic mass is 10.1. The van der Waals surface area contributed by atoms with Crippen molar-refractivity contribution in [3.8, 4) is 5.75 Å². The largest absolute Gasteiger partial charge is 0.493 e. The highest BCUT2D eigenvalue weighted by Gasteiger charge is 2.28. The number of benzene rings is 1. The van der Waals surface area contributed by atoms with E-state index >= 15 is 0 Å². The summed E-state index contributed by atoms with van der Waals surface area (Å²) < 4.78 is 5.51. The van der Waals surface area contributed by atoms with Crippen LogP contribution in [0, 0.1) is 5.92 Å². The number of rotatable bonds is 5. The van der Waals surface area contributed by atoms with Gasteiger partial charge in [-0.05, 0) is 37.8 Å². The molecule has 19 heavy (non-hydrogen) atoms. The zero-order valence-corrected chi connectivity index (χ0v) is 12.8. The highest BCUT2D eigenvalue weighted by Crippen LogP contribution is 2.28. The molecule has 1 fully saturated rings. The van der Waals surface area contributed by atoms with Gasteiger partial charge in [-0.1, -0.05) is 34.5 Å². The van der Waals surface area contributed by atoms with Crippen LogP contribution >= 0.6 is 15.9 Å². The molecule has 1 aromatic rings. The predicted molar refractivity (Wildman–Crippen MR) is 80.0 cm³/mol. The first-order valence-electron chi connectivity index (χ1n) is 6.85. The van der Waals surface area contributed by atoms with E-state index in [2.05, 4.69) is 21.2 Å². The van der Waals surface area contributed by atoms with Gasteiger partial charge in [-0.3, -0.25) is 4.79 Å². The Labute approximate surface area is 122 Å². The molecule has 1 aliphatic carbocycles. The van der Waals surface area contributed by atoms with E-state index in [1.165, 1.54) is 12.8 Å². The molecule has 1 saturated carbocycles. The number of ether oxygens (including phenoxy) is 1. The van der Waals surface area contributed by atoms with E-state index in [-0.39, 0.29) is 11.9 Å². The summed E-state index contributed by atoms with van der Waals surface area (Å²) in [5.74, 6) is 1.18. The number of carbonyl (C=O) groups excluding carboxylic acids is 1. The summed E-state index contributed by atoms with van der Waals surface area (Å²) in [4.78, 5) is 12.4. The van der Waals surface area contributed by atoms with Crippen LogP contribution in [0.2, 0.25) is 0 Å². The number of hydrogen-bond acceptors (Lipinski definition) is 2. The molecule has 0 saturated heterocycles. The quantitative estimate of drug-likeness (QED) is 0.843. The zero-order valence-electron chi connectivity index (χ0n) is 11.2. The molecule has 1 aliphatic rings. The molecule has 0 aromatic heterocycles. The SMILES string of the molecule is CCOc1ccccc1C(=O)NC1CCCC1CBr. The van der Waals surface area contributed by atoms with E-state index in [4.69, 9.17) is 4.74 Å². The fourth-order valence-corrected chi connectivity index (χ4v) is 3.37. The van der Waals surface area contributed by atoms with Crippen LogP contribution in [0.15, 0.2) is 24.3 Å². The van der Waals surface area contributed by atoms with Crippen molar-refractivity contribution in [2.24, 2.45) is 5.92 Å². The average Bonchev–Trinajstić information content (AvgIpc) is 2.87. The predicted octanol–water partition coefficient (Wildman–Crippen LogP) is 3.38. The Morgan fingerprint density at radius 2 is 2.21 bits per heavy atom. The van der Waals surface area contributed by atoms with Gasteiger partial charge < -0.3 is 10.1 Å². The van der Waals surface area contributed by atoms with E-state index < -0.39 is 0 Å². The summed E-state index contributed by atoms with van der Waals surface area (Å²) in [6.45, 7) is 2.49. The van der Waals surface area contributed by atoms with Crippen LogP contribution in [0.5, 0.6) is 5.75 Å². The zero-order chi connectivity index (χ0) is 13.7. The fraction of sp³-hybridized carbons (Fsp3) is 0.533. The third-order valence-electron chi connectivity index (χ3n) is 3.61. The monoisotopic (exact) mass is 325 g/mol. The van der Waals surface area contributed by atoms with E-state index in [1.54, 1.807) is 0 Å². The molecule has 1 amide bonds. The fourth-order valence-electron chi connectivity index (χ4n) is 2.59. The second-order valence-corrected chi connectivity index (χ2v) is 5.50. The Balaban J connectivity index is 2.07. The van der Waals surface area contributed by atoms with E-state index in [9.17, 15) is 4.79 Å². The van der Waals surface area contributed by atoms with Crippen molar-refractivity contribution in [3.05, 3.63) is 29.8 Å². The Morgan fingerprint density at radius 1 is 1.42 bits per heavy atom. The molecule has 4 heteroatoms. The molecule has 2 rings (SSSR count). The van der Waals surface area contributed by atoms with Gasteiger partial charge in [0.1, 0.15) is 5.75 Å². The number of carbonyl (C=O) groups is 1. The highest BCUT2D eigenvalue weighted by molar-refractivity contribution is 9.09. The van der Waals surface area contributed by atoms with Crippen LogP contribution in [0.25, 0.3) is 0 Å². The van der Waals surface area contributed by atoms with Gasteiger partial charge in [0.25, 0.3) is 5.91 Å². The standard InChI is InChI=1S/C15H20BrNO2/c1-2-19-14-9-4-3-7-12(14)15(18)17-13-8-5-6-11(13)10-16/h3-4,7,9,11,13H,2,5-6,8,10H2,1H3,(H,17,18). The molecule has 0 radical (unpaired) electrons. The number of hydrogen-bond donors (Lipinski definition) is 1. The molecule has 2 atom stereocenters. The van der Waals surface area contributed by atoms with Gasteiger partial charge in [-0.15, -0.1) is 0 Å². The second-order valence-electron chi connectivity index (χ2n) is 4.85. The van der Waals surface area contributed by atoms with Gasteiger partial charge in [0.05, 0.1) is 12.2 Å². The Morgan fingerprint density at radius 3 is 2.95 bits per heavy atom. The summed E-state index contributed by atoms with van der Waals surface area (Å²) in [5.41, 5.74) is 0.629. The number of halogens is 1. The summed E-state index contributed by atoms with van der Waals surface area (Å²) >= 11 is 3.53. The van der Waals surface area contributed by atoms with Crippen molar-refractivity contribution < 1.29 is 9.53 Å². The normalized spacial score (nSPS) is 22.2. The van der Waals surface area contributed by atoms with Crippen molar-refractivity contribution in [3.63, 3.8) is 0 Å².